The molecule has 0 bridgehead atoms. The van der Waals surface area contributed by atoms with Crippen LogP contribution in [0.3, 0.4) is 0 Å². The minimum atomic E-state index is -1.52. The molecule has 1 fully saturated rings. The van der Waals surface area contributed by atoms with Crippen LogP contribution in [0, 0.1) is 0 Å². The van der Waals surface area contributed by atoms with Crippen molar-refractivity contribution in [2.75, 3.05) is 17.2 Å². The molecule has 0 radical (unpaired) electrons. The molecule has 1 aliphatic rings. The third kappa shape index (κ3) is 6.22. The Balaban J connectivity index is 1.57. The fourth-order valence-corrected chi connectivity index (χ4v) is 3.34. The molecule has 0 aliphatic carbocycles. The first-order valence-corrected chi connectivity index (χ1v) is 10.1. The van der Waals surface area contributed by atoms with E-state index in [0.717, 1.165) is 0 Å². The smallest absolute Gasteiger partial charge is 0.323 e. The summed E-state index contributed by atoms with van der Waals surface area (Å²) in [6.45, 7) is -0.552. The maximum Gasteiger partial charge on any atom is 0.323 e. The molecule has 0 unspecified atom stereocenters. The molecular formula is C23H26N2O7. The maximum atomic E-state index is 12.3. The maximum absolute atomic E-state index is 12.3. The molecule has 1 aliphatic heterocycles. The number of carbonyl (C=O) groups is 2. The number of amides is 2. The summed E-state index contributed by atoms with van der Waals surface area (Å²) in [7, 11) is 0. The minimum Gasteiger partial charge on any atom is -0.394 e. The summed E-state index contributed by atoms with van der Waals surface area (Å²) in [4.78, 5) is 24.4. The Morgan fingerprint density at radius 1 is 0.875 bits per heavy atom. The number of aliphatic hydroxyl groups excluding tert-OH is 4. The van der Waals surface area contributed by atoms with Crippen molar-refractivity contribution >= 4 is 29.3 Å². The zero-order valence-corrected chi connectivity index (χ0v) is 17.2. The molecule has 170 valence electrons. The molecule has 9 nitrogen and oxygen atoms in total. The van der Waals surface area contributed by atoms with Crippen LogP contribution in [0.1, 0.15) is 12.0 Å². The van der Waals surface area contributed by atoms with Crippen molar-refractivity contribution < 1.29 is 34.8 Å². The van der Waals surface area contributed by atoms with Gasteiger partial charge in [-0.3, -0.25) is 4.79 Å². The van der Waals surface area contributed by atoms with Crippen molar-refractivity contribution in [3.05, 3.63) is 66.2 Å². The van der Waals surface area contributed by atoms with E-state index < -0.39 is 43.2 Å². The van der Waals surface area contributed by atoms with Gasteiger partial charge in [-0.05, 0) is 35.9 Å². The molecule has 6 N–H and O–H groups in total. The van der Waals surface area contributed by atoms with Crippen molar-refractivity contribution in [3.8, 4) is 0 Å². The summed E-state index contributed by atoms with van der Waals surface area (Å²) in [5.74, 6) is -0.380. The highest BCUT2D eigenvalue weighted by Gasteiger charge is 2.43. The Kier molecular flexibility index (Phi) is 8.09. The SMILES string of the molecule is O=C(/C=C/c1cccc(NC(=O)Nc2ccccc2)c1)C[C@@H]1O[C@H](CO)[C@@H](O)[C@H](O)[C@@H]1O. The van der Waals surface area contributed by atoms with Crippen LogP contribution >= 0.6 is 0 Å². The average molecular weight is 442 g/mol. The highest BCUT2D eigenvalue weighted by atomic mass is 16.5. The van der Waals surface area contributed by atoms with E-state index in [9.17, 15) is 30.0 Å². The highest BCUT2D eigenvalue weighted by molar-refractivity contribution is 6.00. The number of urea groups is 1. The summed E-state index contributed by atoms with van der Waals surface area (Å²) < 4.78 is 5.35. The lowest BCUT2D eigenvalue weighted by molar-refractivity contribution is -0.229. The Morgan fingerprint density at radius 3 is 2.25 bits per heavy atom. The highest BCUT2D eigenvalue weighted by Crippen LogP contribution is 2.23. The van der Waals surface area contributed by atoms with Gasteiger partial charge in [-0.2, -0.15) is 0 Å². The number of hydrogen-bond donors (Lipinski definition) is 6. The van der Waals surface area contributed by atoms with Crippen LogP contribution in [0.5, 0.6) is 0 Å². The van der Waals surface area contributed by atoms with Crippen LogP contribution in [-0.4, -0.2) is 69.4 Å². The second-order valence-corrected chi connectivity index (χ2v) is 7.44. The van der Waals surface area contributed by atoms with Gasteiger partial charge in [0.15, 0.2) is 5.78 Å². The van der Waals surface area contributed by atoms with Crippen LogP contribution in [0.15, 0.2) is 60.7 Å². The molecule has 0 spiro atoms. The van der Waals surface area contributed by atoms with Gasteiger partial charge in [0.1, 0.15) is 24.4 Å². The number of hydrogen-bond acceptors (Lipinski definition) is 7. The lowest BCUT2D eigenvalue weighted by atomic mass is 9.92. The van der Waals surface area contributed by atoms with Crippen molar-refractivity contribution in [1.82, 2.24) is 0 Å². The monoisotopic (exact) mass is 442 g/mol. The summed E-state index contributed by atoms with van der Waals surface area (Å²) >= 11 is 0. The lowest BCUT2D eigenvalue weighted by Crippen LogP contribution is -2.58. The number of benzene rings is 2. The first kappa shape index (κ1) is 23.6. The van der Waals surface area contributed by atoms with Crippen LogP contribution in [-0.2, 0) is 9.53 Å². The average Bonchev–Trinajstić information content (AvgIpc) is 2.79. The summed E-state index contributed by atoms with van der Waals surface area (Å²) in [5, 5.41) is 44.3. The number of allylic oxidation sites excluding steroid dienone is 1. The Labute approximate surface area is 185 Å². The number of rotatable bonds is 7. The fourth-order valence-electron chi connectivity index (χ4n) is 3.34. The van der Waals surface area contributed by atoms with Gasteiger partial charge in [0, 0.05) is 17.8 Å². The number of para-hydroxylation sites is 1. The van der Waals surface area contributed by atoms with Gasteiger partial charge in [0.05, 0.1) is 12.7 Å². The molecule has 0 aromatic heterocycles. The lowest BCUT2D eigenvalue weighted by Gasteiger charge is -2.39. The predicted octanol–water partition coefficient (Wildman–Crippen LogP) is 1.15. The van der Waals surface area contributed by atoms with Crippen molar-refractivity contribution in [2.45, 2.75) is 36.9 Å². The zero-order chi connectivity index (χ0) is 23.1. The molecule has 0 saturated carbocycles. The second-order valence-electron chi connectivity index (χ2n) is 7.44. The molecule has 5 atom stereocenters. The largest absolute Gasteiger partial charge is 0.394 e. The second kappa shape index (κ2) is 11.0. The van der Waals surface area contributed by atoms with E-state index in [1.165, 1.54) is 6.08 Å². The third-order valence-corrected chi connectivity index (χ3v) is 5.03. The molecule has 1 heterocycles. The molecule has 2 amide bonds. The summed E-state index contributed by atoms with van der Waals surface area (Å²) in [5.41, 5.74) is 1.84. The molecule has 2 aromatic carbocycles. The van der Waals surface area contributed by atoms with E-state index in [1.807, 2.05) is 18.2 Å². The Bertz CT molecular complexity index is 948. The molecule has 2 aromatic rings. The van der Waals surface area contributed by atoms with Crippen molar-refractivity contribution in [3.63, 3.8) is 0 Å². The van der Waals surface area contributed by atoms with E-state index >= 15 is 0 Å². The van der Waals surface area contributed by atoms with Gasteiger partial charge in [-0.1, -0.05) is 36.4 Å². The topological polar surface area (TPSA) is 148 Å². The number of ketones is 1. The van der Waals surface area contributed by atoms with E-state index in [4.69, 9.17) is 4.74 Å². The van der Waals surface area contributed by atoms with Crippen LogP contribution < -0.4 is 10.6 Å². The van der Waals surface area contributed by atoms with Gasteiger partial charge >= 0.3 is 6.03 Å². The molecule has 9 heteroatoms. The number of aliphatic hydroxyl groups is 4. The van der Waals surface area contributed by atoms with Crippen molar-refractivity contribution in [1.29, 1.82) is 0 Å². The quantitative estimate of drug-likeness (QED) is 0.352. The van der Waals surface area contributed by atoms with Crippen molar-refractivity contribution in [2.24, 2.45) is 0 Å². The van der Waals surface area contributed by atoms with E-state index in [-0.39, 0.29) is 12.2 Å². The molecule has 1 saturated heterocycles. The number of anilines is 2. The first-order valence-electron chi connectivity index (χ1n) is 10.1. The number of ether oxygens (including phenoxy) is 1. The summed E-state index contributed by atoms with van der Waals surface area (Å²) in [6, 6.07) is 15.4. The standard InChI is InChI=1S/C23H26N2O7/c26-13-19-21(29)22(30)20(28)18(32-19)12-17(27)10-9-14-5-4-8-16(11-14)25-23(31)24-15-6-2-1-3-7-15/h1-11,18-22,26,28-30H,12-13H2,(H2,24,25,31)/b10-9+/t18-,19+,20+,21+,22+/m0/s1. The minimum absolute atomic E-state index is 0.241. The van der Waals surface area contributed by atoms with E-state index in [2.05, 4.69) is 10.6 Å². The predicted molar refractivity (Wildman–Crippen MR) is 118 cm³/mol. The molecule has 32 heavy (non-hydrogen) atoms. The zero-order valence-electron chi connectivity index (χ0n) is 17.2. The van der Waals surface area contributed by atoms with Crippen LogP contribution in [0.2, 0.25) is 0 Å². The van der Waals surface area contributed by atoms with Gasteiger partial charge in [-0.25, -0.2) is 4.79 Å². The third-order valence-electron chi connectivity index (χ3n) is 5.03. The van der Waals surface area contributed by atoms with Gasteiger partial charge in [0.25, 0.3) is 0 Å². The molecular weight excluding hydrogens is 416 g/mol. The van der Waals surface area contributed by atoms with Gasteiger partial charge < -0.3 is 35.8 Å². The Morgan fingerprint density at radius 2 is 1.53 bits per heavy atom. The van der Waals surface area contributed by atoms with Crippen LogP contribution in [0.4, 0.5) is 16.2 Å². The van der Waals surface area contributed by atoms with Crippen LogP contribution in [0.25, 0.3) is 6.08 Å². The Hall–Kier alpha value is -3.08. The first-order chi connectivity index (χ1) is 15.4. The number of nitrogens with one attached hydrogen (secondary N) is 2. The van der Waals surface area contributed by atoms with Gasteiger partial charge in [0.2, 0.25) is 0 Å². The molecule has 3 rings (SSSR count). The normalized spacial score (nSPS) is 25.4. The summed E-state index contributed by atoms with van der Waals surface area (Å²) in [6.07, 6.45) is -3.95. The van der Waals surface area contributed by atoms with Gasteiger partial charge in [-0.15, -0.1) is 0 Å². The van der Waals surface area contributed by atoms with E-state index in [1.54, 1.807) is 42.5 Å². The van der Waals surface area contributed by atoms with E-state index in [0.29, 0.717) is 16.9 Å². The number of carbonyl (C=O) groups excluding carboxylic acids is 2. The fraction of sp³-hybridized carbons (Fsp3) is 0.304.